The van der Waals surface area contributed by atoms with Crippen LogP contribution >= 0.6 is 0 Å². The summed E-state index contributed by atoms with van der Waals surface area (Å²) in [6, 6.07) is 11.5. The zero-order chi connectivity index (χ0) is 18.5. The molecule has 2 aromatic carbocycles. The van der Waals surface area contributed by atoms with Crippen LogP contribution in [0.25, 0.3) is 0 Å². The summed E-state index contributed by atoms with van der Waals surface area (Å²) in [4.78, 5) is 0. The van der Waals surface area contributed by atoms with Gasteiger partial charge in [-0.25, -0.2) is 17.2 Å². The molecule has 2 atom stereocenters. The average molecular weight is 364 g/mol. The summed E-state index contributed by atoms with van der Waals surface area (Å²) in [6.07, 6.45) is 0. The second-order valence-electron chi connectivity index (χ2n) is 6.61. The smallest absolute Gasteiger partial charge is 0.169 e. The third-order valence-electron chi connectivity index (χ3n) is 4.83. The van der Waals surface area contributed by atoms with Crippen molar-refractivity contribution in [3.05, 3.63) is 71.3 Å². The minimum absolute atomic E-state index is 0.0114. The Bertz CT molecular complexity index is 947. The minimum Gasteiger partial charge on any atom is -0.362 e. The van der Waals surface area contributed by atoms with Crippen LogP contribution in [0.15, 0.2) is 48.5 Å². The molecule has 2 N–H and O–H groups in total. The van der Waals surface area contributed by atoms with Crippen molar-refractivity contribution in [3.63, 3.8) is 0 Å². The Hall–Kier alpha value is -2.28. The fourth-order valence-electron chi connectivity index (χ4n) is 3.27. The van der Waals surface area contributed by atoms with Gasteiger partial charge in [0, 0.05) is 11.6 Å². The van der Waals surface area contributed by atoms with Crippen LogP contribution < -0.4 is 5.32 Å². The Morgan fingerprint density at radius 2 is 1.72 bits per heavy atom. The van der Waals surface area contributed by atoms with Crippen molar-refractivity contribution in [1.29, 1.82) is 5.41 Å². The SMILES string of the molecule is C[C@@]1(c2ccc(F)cc2F)CS(=O)(=O)[C@@](C)(c2ccccc2)C(=N)N1. The van der Waals surface area contributed by atoms with E-state index in [4.69, 9.17) is 5.41 Å². The number of rotatable bonds is 2. The van der Waals surface area contributed by atoms with Gasteiger partial charge >= 0.3 is 0 Å². The summed E-state index contributed by atoms with van der Waals surface area (Å²) in [5.74, 6) is -2.25. The number of benzene rings is 2. The summed E-state index contributed by atoms with van der Waals surface area (Å²) in [5.41, 5.74) is -0.881. The Kier molecular flexibility index (Phi) is 3.95. The van der Waals surface area contributed by atoms with Gasteiger partial charge in [-0.1, -0.05) is 36.4 Å². The first-order valence-electron chi connectivity index (χ1n) is 7.71. The summed E-state index contributed by atoms with van der Waals surface area (Å²) in [7, 11) is -3.86. The normalized spacial score (nSPS) is 28.4. The maximum absolute atomic E-state index is 14.2. The fourth-order valence-corrected chi connectivity index (χ4v) is 5.41. The molecule has 25 heavy (non-hydrogen) atoms. The molecular formula is C18H18F2N2O2S. The lowest BCUT2D eigenvalue weighted by molar-refractivity contribution is 0.418. The standard InChI is InChI=1S/C18H18F2N2O2S/c1-17(14-9-8-13(19)10-15(14)20)11-25(23,24)18(2,16(21)22-17)12-6-4-3-5-7-12/h3-10H,11H2,1-2H3,(H2,21,22)/t17-,18-/m0/s1. The van der Waals surface area contributed by atoms with Crippen LogP contribution in [-0.4, -0.2) is 20.0 Å². The van der Waals surface area contributed by atoms with Gasteiger partial charge < -0.3 is 5.32 Å². The van der Waals surface area contributed by atoms with Gasteiger partial charge in [0.05, 0.1) is 11.3 Å². The highest BCUT2D eigenvalue weighted by atomic mass is 32.2. The molecule has 1 fully saturated rings. The van der Waals surface area contributed by atoms with Gasteiger partial charge in [0.15, 0.2) is 14.6 Å². The van der Waals surface area contributed by atoms with Gasteiger partial charge in [-0.05, 0) is 25.5 Å². The molecule has 1 heterocycles. The lowest BCUT2D eigenvalue weighted by Crippen LogP contribution is -2.63. The molecule has 4 nitrogen and oxygen atoms in total. The van der Waals surface area contributed by atoms with Gasteiger partial charge in [0.2, 0.25) is 0 Å². The number of nitrogens with one attached hydrogen (secondary N) is 2. The third-order valence-corrected chi connectivity index (χ3v) is 7.47. The Morgan fingerprint density at radius 1 is 1.08 bits per heavy atom. The number of amidine groups is 1. The first-order chi connectivity index (χ1) is 11.6. The van der Waals surface area contributed by atoms with E-state index in [1.165, 1.54) is 19.9 Å². The van der Waals surface area contributed by atoms with E-state index in [-0.39, 0.29) is 11.4 Å². The van der Waals surface area contributed by atoms with E-state index in [0.717, 1.165) is 6.07 Å². The van der Waals surface area contributed by atoms with Crippen molar-refractivity contribution in [1.82, 2.24) is 5.32 Å². The van der Waals surface area contributed by atoms with Crippen molar-refractivity contribution in [3.8, 4) is 0 Å². The van der Waals surface area contributed by atoms with Crippen molar-refractivity contribution < 1.29 is 17.2 Å². The highest BCUT2D eigenvalue weighted by Gasteiger charge is 2.54. The van der Waals surface area contributed by atoms with Gasteiger partial charge in [0.1, 0.15) is 17.5 Å². The minimum atomic E-state index is -3.86. The van der Waals surface area contributed by atoms with E-state index in [2.05, 4.69) is 5.32 Å². The second kappa shape index (κ2) is 5.62. The van der Waals surface area contributed by atoms with Crippen LogP contribution in [0.4, 0.5) is 8.78 Å². The van der Waals surface area contributed by atoms with Crippen LogP contribution in [0.5, 0.6) is 0 Å². The van der Waals surface area contributed by atoms with Crippen LogP contribution in [0, 0.1) is 17.0 Å². The van der Waals surface area contributed by atoms with Gasteiger partial charge in [0.25, 0.3) is 0 Å². The third kappa shape index (κ3) is 2.63. The van der Waals surface area contributed by atoms with Crippen LogP contribution in [0.2, 0.25) is 0 Å². The quantitative estimate of drug-likeness (QED) is 0.860. The largest absolute Gasteiger partial charge is 0.362 e. The number of hydrogen-bond donors (Lipinski definition) is 2. The van der Waals surface area contributed by atoms with E-state index < -0.39 is 37.5 Å². The summed E-state index contributed by atoms with van der Waals surface area (Å²) in [5, 5.41) is 11.2. The zero-order valence-corrected chi connectivity index (χ0v) is 14.6. The predicted molar refractivity (Wildman–Crippen MR) is 92.2 cm³/mol. The van der Waals surface area contributed by atoms with Gasteiger partial charge in [-0.3, -0.25) is 5.41 Å². The monoisotopic (exact) mass is 364 g/mol. The summed E-state index contributed by atoms with van der Waals surface area (Å²) >= 11 is 0. The molecule has 7 heteroatoms. The van der Waals surface area contributed by atoms with Gasteiger partial charge in [-0.2, -0.15) is 0 Å². The highest BCUT2D eigenvalue weighted by Crippen LogP contribution is 2.40. The number of sulfone groups is 1. The zero-order valence-electron chi connectivity index (χ0n) is 13.8. The molecule has 0 spiro atoms. The van der Waals surface area contributed by atoms with Crippen LogP contribution in [-0.2, 0) is 20.1 Å². The first-order valence-corrected chi connectivity index (χ1v) is 9.36. The topological polar surface area (TPSA) is 70.0 Å². The van der Waals surface area contributed by atoms with E-state index in [9.17, 15) is 17.2 Å². The van der Waals surface area contributed by atoms with Crippen molar-refractivity contribution in [2.24, 2.45) is 0 Å². The molecule has 0 unspecified atom stereocenters. The average Bonchev–Trinajstić information content (AvgIpc) is 2.52. The molecule has 0 radical (unpaired) electrons. The molecule has 3 rings (SSSR count). The van der Waals surface area contributed by atoms with Crippen LogP contribution in [0.3, 0.4) is 0 Å². The lowest BCUT2D eigenvalue weighted by Gasteiger charge is -2.45. The van der Waals surface area contributed by atoms with E-state index in [1.807, 2.05) is 0 Å². The van der Waals surface area contributed by atoms with Crippen LogP contribution in [0.1, 0.15) is 25.0 Å². The summed E-state index contributed by atoms with van der Waals surface area (Å²) in [6.45, 7) is 2.97. The van der Waals surface area contributed by atoms with Gasteiger partial charge in [-0.15, -0.1) is 0 Å². The fraction of sp³-hybridized carbons (Fsp3) is 0.278. The Morgan fingerprint density at radius 3 is 2.28 bits per heavy atom. The molecule has 1 saturated heterocycles. The maximum Gasteiger partial charge on any atom is 0.169 e. The molecule has 2 aromatic rings. The van der Waals surface area contributed by atoms with Crippen molar-refractivity contribution in [2.75, 3.05) is 5.75 Å². The summed E-state index contributed by atoms with van der Waals surface area (Å²) < 4.78 is 52.1. The number of hydrogen-bond acceptors (Lipinski definition) is 3. The number of halogens is 2. The van der Waals surface area contributed by atoms with E-state index in [1.54, 1.807) is 30.3 Å². The van der Waals surface area contributed by atoms with E-state index in [0.29, 0.717) is 11.6 Å². The lowest BCUT2D eigenvalue weighted by atomic mass is 9.90. The highest BCUT2D eigenvalue weighted by molar-refractivity contribution is 7.93. The molecule has 0 saturated carbocycles. The molecule has 1 aliphatic rings. The van der Waals surface area contributed by atoms with Crippen molar-refractivity contribution in [2.45, 2.75) is 24.1 Å². The Labute approximate surface area is 145 Å². The molecule has 0 amide bonds. The van der Waals surface area contributed by atoms with Crippen molar-refractivity contribution >= 4 is 15.7 Å². The van der Waals surface area contributed by atoms with E-state index >= 15 is 0 Å². The maximum atomic E-state index is 14.2. The molecular weight excluding hydrogens is 346 g/mol. The molecule has 0 bridgehead atoms. The predicted octanol–water partition coefficient (Wildman–Crippen LogP) is 3.09. The molecule has 0 aromatic heterocycles. The molecule has 0 aliphatic carbocycles. The molecule has 1 aliphatic heterocycles. The second-order valence-corrected chi connectivity index (χ2v) is 8.95. The Balaban J connectivity index is 2.11. The molecule has 132 valence electrons. The first kappa shape index (κ1) is 17.5.